The van der Waals surface area contributed by atoms with E-state index in [1.807, 2.05) is 0 Å². The van der Waals surface area contributed by atoms with Gasteiger partial charge in [0.05, 0.1) is 5.41 Å². The Morgan fingerprint density at radius 1 is 0.382 bits per heavy atom. The molecule has 1 heterocycles. The lowest BCUT2D eigenvalue weighted by atomic mass is 9.67. The highest BCUT2D eigenvalue weighted by atomic mass is 28.3. The average Bonchev–Trinajstić information content (AvgIpc) is 3.86. The first-order valence-electron chi connectivity index (χ1n) is 24.0. The van der Waals surface area contributed by atoms with Crippen LogP contribution >= 0.6 is 0 Å². The van der Waals surface area contributed by atoms with Crippen LogP contribution < -0.4 is 25.6 Å². The van der Waals surface area contributed by atoms with Gasteiger partial charge in [-0.25, -0.2) is 0 Å². The Morgan fingerprint density at radius 2 is 0.912 bits per heavy atom. The number of aryl methyl sites for hydroxylation is 1. The van der Waals surface area contributed by atoms with Crippen LogP contribution in [0.5, 0.6) is 0 Å². The van der Waals surface area contributed by atoms with Crippen LogP contribution in [0.15, 0.2) is 249 Å². The molecule has 0 fully saturated rings. The lowest BCUT2D eigenvalue weighted by Crippen LogP contribution is -2.73. The van der Waals surface area contributed by atoms with Crippen LogP contribution in [-0.4, -0.2) is 8.07 Å². The van der Waals surface area contributed by atoms with Gasteiger partial charge in [0.25, 0.3) is 0 Å². The number of rotatable bonds is 8. The monoisotopic (exact) mass is 887 g/mol. The van der Waals surface area contributed by atoms with Gasteiger partial charge in [0.2, 0.25) is 0 Å². The Hall–Kier alpha value is -7.78. The Balaban J connectivity index is 1.17. The molecule has 0 bridgehead atoms. The van der Waals surface area contributed by atoms with E-state index in [4.69, 9.17) is 0 Å². The van der Waals surface area contributed by atoms with Crippen molar-refractivity contribution in [2.45, 2.75) is 38.5 Å². The quantitative estimate of drug-likeness (QED) is 0.137. The summed E-state index contributed by atoms with van der Waals surface area (Å²) in [4.78, 5) is 2.58. The first-order valence-corrected chi connectivity index (χ1v) is 26.0. The molecule has 1 aliphatic heterocycles. The fraction of sp³-hybridized carbons (Fsp3) is 0.0909. The van der Waals surface area contributed by atoms with Crippen molar-refractivity contribution in [2.24, 2.45) is 0 Å². The third kappa shape index (κ3) is 6.35. The van der Waals surface area contributed by atoms with Gasteiger partial charge in [0.1, 0.15) is 0 Å². The Morgan fingerprint density at radius 3 is 1.51 bits per heavy atom. The summed E-state index contributed by atoms with van der Waals surface area (Å²) >= 11 is 0. The number of nitrogens with zero attached hydrogens (tertiary/aromatic N) is 1. The molecule has 1 aliphatic carbocycles. The summed E-state index contributed by atoms with van der Waals surface area (Å²) in [5, 5.41) is 5.69. The molecule has 0 spiro atoms. The second kappa shape index (κ2) is 16.2. The molecule has 0 N–H and O–H groups in total. The summed E-state index contributed by atoms with van der Waals surface area (Å²) in [7, 11) is -2.88. The SMILES string of the molecule is Cc1cc(-c2ccccc2)ccc1N(c1cc(C(C)(C)C)cc([Si]2(c3ccccc3)c3ccccc3-c3ccccc32)c1)c1ccc2c(c1)C(c1ccccc1)(c1ccccc1)c1ccccc1-2. The van der Waals surface area contributed by atoms with Crippen molar-refractivity contribution in [2.75, 3.05) is 4.90 Å². The third-order valence-electron chi connectivity index (χ3n) is 14.9. The number of benzene rings is 10. The van der Waals surface area contributed by atoms with Crippen molar-refractivity contribution in [3.05, 3.63) is 282 Å². The van der Waals surface area contributed by atoms with Crippen LogP contribution in [0.4, 0.5) is 17.1 Å². The number of hydrogen-bond donors (Lipinski definition) is 0. The van der Waals surface area contributed by atoms with Crippen LogP contribution in [0.25, 0.3) is 33.4 Å². The van der Waals surface area contributed by atoms with Crippen molar-refractivity contribution in [1.29, 1.82) is 0 Å². The first kappa shape index (κ1) is 41.6. The molecule has 0 saturated carbocycles. The van der Waals surface area contributed by atoms with Crippen LogP contribution in [-0.2, 0) is 10.8 Å². The van der Waals surface area contributed by atoms with E-state index in [0.29, 0.717) is 0 Å². The van der Waals surface area contributed by atoms with Crippen molar-refractivity contribution >= 4 is 45.9 Å². The summed E-state index contributed by atoms with van der Waals surface area (Å²) in [6.07, 6.45) is 0. The van der Waals surface area contributed by atoms with Crippen LogP contribution in [0, 0.1) is 6.92 Å². The van der Waals surface area contributed by atoms with Gasteiger partial charge in [0.15, 0.2) is 8.07 Å². The molecule has 12 rings (SSSR count). The van der Waals surface area contributed by atoms with Crippen LogP contribution in [0.3, 0.4) is 0 Å². The lowest BCUT2D eigenvalue weighted by Gasteiger charge is -2.36. The van der Waals surface area contributed by atoms with E-state index in [1.165, 1.54) is 87.5 Å². The standard InChI is InChI=1S/C66H53NSi/c1-46-41-48(47-23-9-5-10-24-47)37-40-62(46)67(52-38-39-57-56-31-17-20-34-60(56)66(61(57)45-52,49-25-11-6-12-26-49)50-27-13-7-14-28-50)53-42-51(65(2,3)4)43-55(44-53)68(54-29-15-8-16-30-54)63-35-21-18-32-58(63)59-33-19-22-36-64(59)68/h5-45H,1-4H3. The van der Waals surface area contributed by atoms with Crippen molar-refractivity contribution in [1.82, 2.24) is 0 Å². The second-order valence-corrected chi connectivity index (χ2v) is 23.4. The number of anilines is 3. The van der Waals surface area contributed by atoms with Crippen molar-refractivity contribution in [3.8, 4) is 33.4 Å². The smallest absolute Gasteiger partial charge is 0.180 e. The number of hydrogen-bond acceptors (Lipinski definition) is 1. The van der Waals surface area contributed by atoms with E-state index in [1.54, 1.807) is 0 Å². The van der Waals surface area contributed by atoms with Crippen molar-refractivity contribution < 1.29 is 0 Å². The molecule has 326 valence electrons. The molecule has 68 heavy (non-hydrogen) atoms. The van der Waals surface area contributed by atoms with Gasteiger partial charge in [-0.15, -0.1) is 0 Å². The first-order chi connectivity index (χ1) is 33.3. The van der Waals surface area contributed by atoms with Gasteiger partial charge in [-0.3, -0.25) is 0 Å². The zero-order valence-corrected chi connectivity index (χ0v) is 40.1. The molecule has 0 amide bonds. The highest BCUT2D eigenvalue weighted by Crippen LogP contribution is 2.57. The van der Waals surface area contributed by atoms with E-state index in [9.17, 15) is 0 Å². The Kier molecular flexibility index (Phi) is 9.93. The van der Waals surface area contributed by atoms with Crippen LogP contribution in [0.2, 0.25) is 0 Å². The minimum absolute atomic E-state index is 0.151. The molecular formula is C66H53NSi. The zero-order chi connectivity index (χ0) is 46.0. The van der Waals surface area contributed by atoms with E-state index in [-0.39, 0.29) is 5.41 Å². The van der Waals surface area contributed by atoms with E-state index < -0.39 is 13.5 Å². The maximum Gasteiger partial charge on any atom is 0.180 e. The molecule has 0 aromatic heterocycles. The molecular weight excluding hydrogens is 835 g/mol. The van der Waals surface area contributed by atoms with Gasteiger partial charge in [-0.2, -0.15) is 0 Å². The van der Waals surface area contributed by atoms with Crippen molar-refractivity contribution in [3.63, 3.8) is 0 Å². The van der Waals surface area contributed by atoms with E-state index in [2.05, 4.69) is 281 Å². The minimum Gasteiger partial charge on any atom is -0.310 e. The number of fused-ring (bicyclic) bond motifs is 6. The molecule has 1 nitrogen and oxygen atoms in total. The third-order valence-corrected chi connectivity index (χ3v) is 19.7. The summed E-state index contributed by atoms with van der Waals surface area (Å²) in [6.45, 7) is 9.39. The predicted octanol–water partition coefficient (Wildman–Crippen LogP) is 14.2. The molecule has 0 atom stereocenters. The van der Waals surface area contributed by atoms with Gasteiger partial charge in [0, 0.05) is 17.1 Å². The fourth-order valence-electron chi connectivity index (χ4n) is 11.8. The maximum absolute atomic E-state index is 2.88. The highest BCUT2D eigenvalue weighted by Gasteiger charge is 2.50. The molecule has 2 heteroatoms. The second-order valence-electron chi connectivity index (χ2n) is 19.7. The summed E-state index contributed by atoms with van der Waals surface area (Å²) < 4.78 is 0. The molecule has 2 aliphatic rings. The van der Waals surface area contributed by atoms with Gasteiger partial charge >= 0.3 is 0 Å². The maximum atomic E-state index is 2.58. The molecule has 10 aromatic carbocycles. The average molecular weight is 888 g/mol. The van der Waals surface area contributed by atoms with Gasteiger partial charge < -0.3 is 4.90 Å². The Labute approximate surface area is 402 Å². The van der Waals surface area contributed by atoms with Gasteiger partial charge in [-0.1, -0.05) is 233 Å². The fourth-order valence-corrected chi connectivity index (χ4v) is 17.0. The molecule has 10 aromatic rings. The van der Waals surface area contributed by atoms with Crippen LogP contribution in [0.1, 0.15) is 54.2 Å². The largest absolute Gasteiger partial charge is 0.310 e. The summed E-state index contributed by atoms with van der Waals surface area (Å²) in [6, 6.07) is 94.0. The molecule has 0 radical (unpaired) electrons. The predicted molar refractivity (Wildman–Crippen MR) is 290 cm³/mol. The van der Waals surface area contributed by atoms with Gasteiger partial charge in [-0.05, 0) is 136 Å². The van der Waals surface area contributed by atoms with E-state index >= 15 is 0 Å². The Bertz CT molecular complexity index is 3410. The summed E-state index contributed by atoms with van der Waals surface area (Å²) in [5.41, 5.74) is 18.1. The topological polar surface area (TPSA) is 3.24 Å². The minimum atomic E-state index is -2.88. The molecule has 0 saturated heterocycles. The zero-order valence-electron chi connectivity index (χ0n) is 39.1. The highest BCUT2D eigenvalue weighted by molar-refractivity contribution is 7.22. The lowest BCUT2D eigenvalue weighted by molar-refractivity contribution is 0.591. The summed E-state index contributed by atoms with van der Waals surface area (Å²) in [5.74, 6) is 0. The van der Waals surface area contributed by atoms with E-state index in [0.717, 1.165) is 17.1 Å². The normalized spacial score (nSPS) is 13.8. The molecule has 0 unspecified atom stereocenters.